The van der Waals surface area contributed by atoms with E-state index >= 15 is 0 Å². The molecule has 0 aliphatic heterocycles. The van der Waals surface area contributed by atoms with Gasteiger partial charge in [0, 0.05) is 78.4 Å². The minimum absolute atomic E-state index is 0.0867. The number of benzene rings is 9. The molecule has 0 fully saturated rings. The molecule has 0 aliphatic carbocycles. The van der Waals surface area contributed by atoms with E-state index in [4.69, 9.17) is 39.4 Å². The minimum atomic E-state index is 0.0867. The molecule has 0 amide bonds. The number of rotatable bonds is 7. The van der Waals surface area contributed by atoms with Gasteiger partial charge in [-0.05, 0) is 143 Å². The summed E-state index contributed by atoms with van der Waals surface area (Å²) in [6.45, 7) is 47.9. The summed E-state index contributed by atoms with van der Waals surface area (Å²) in [5, 5.41) is 74.6. The normalized spacial score (nSPS) is 10.4. The molecule has 0 spiro atoms. The number of hydrogen-bond acceptors (Lipinski definition) is 8. The van der Waals surface area contributed by atoms with Crippen LogP contribution in [0.5, 0.6) is 0 Å². The number of fused-ring (bicyclic) bond motifs is 6. The molecule has 16 nitrogen and oxygen atoms in total. The van der Waals surface area contributed by atoms with Gasteiger partial charge in [-0.2, -0.15) is 36.8 Å². The summed E-state index contributed by atoms with van der Waals surface area (Å²) in [4.78, 5) is 26.6. The summed E-state index contributed by atoms with van der Waals surface area (Å²) in [5.41, 5.74) is 9.53. The minimum Gasteiger partial charge on any atom is -0.309 e. The second-order valence-electron chi connectivity index (χ2n) is 19.8. The highest BCUT2D eigenvalue weighted by atomic mass is 15.0. The SMILES string of the molecule is [C-]#[N+]c1cc(C#N)c(-c2ccc3c(c2)c2cc(-c4c(C#N)cc([N+]#[C-])cc4[N+]#[C-])ccc2n3-c2ccc(C#N)cc2-c2cnccc2-n2c3ccc(-c4c(C#N)cc(C#N)cc4[N+]#[C-])cc3c3cc(-c4c([N+]#[C-])cc(C#N)cc4[N+]#[C-])ccc32)c(C#N)c1. The average molecular weight is 1120 g/mol. The van der Waals surface area contributed by atoms with Crippen LogP contribution in [0.3, 0.4) is 0 Å². The summed E-state index contributed by atoms with van der Waals surface area (Å²) in [5.74, 6) is 0. The van der Waals surface area contributed by atoms with Gasteiger partial charge in [0.25, 0.3) is 0 Å². The van der Waals surface area contributed by atoms with Crippen LogP contribution in [0.1, 0.15) is 38.9 Å². The second-order valence-corrected chi connectivity index (χ2v) is 19.8. The highest BCUT2D eigenvalue weighted by molar-refractivity contribution is 6.15. The maximum absolute atomic E-state index is 10.7. The molecular weight excluding hydrogens is 1090 g/mol. The van der Waals surface area contributed by atoms with Crippen molar-refractivity contribution in [3.8, 4) is 109 Å². The van der Waals surface area contributed by atoms with Crippen LogP contribution in [0.15, 0.2) is 158 Å². The Bertz CT molecular complexity index is 5380. The smallest absolute Gasteiger partial charge is 0.197 e. The zero-order valence-corrected chi connectivity index (χ0v) is 45.2. The molecule has 0 saturated heterocycles. The molecule has 0 unspecified atom stereocenters. The van der Waals surface area contributed by atoms with Crippen molar-refractivity contribution in [2.75, 3.05) is 0 Å². The van der Waals surface area contributed by atoms with E-state index in [1.165, 1.54) is 48.5 Å². The third-order valence-corrected chi connectivity index (χ3v) is 15.3. The molecular formula is C72H26N16. The Balaban J connectivity index is 1.16. The summed E-state index contributed by atoms with van der Waals surface area (Å²) in [7, 11) is 0. The molecule has 0 N–H and O–H groups in total. The molecule has 394 valence electrons. The molecule has 16 heteroatoms. The van der Waals surface area contributed by atoms with Crippen molar-refractivity contribution in [1.29, 1.82) is 36.8 Å². The largest absolute Gasteiger partial charge is 0.309 e. The van der Waals surface area contributed by atoms with Crippen LogP contribution in [-0.4, -0.2) is 14.1 Å². The number of pyridine rings is 1. The van der Waals surface area contributed by atoms with Gasteiger partial charge in [-0.15, -0.1) is 0 Å². The second kappa shape index (κ2) is 21.5. The first kappa shape index (κ1) is 53.7. The lowest BCUT2D eigenvalue weighted by molar-refractivity contribution is 1.14. The van der Waals surface area contributed by atoms with Gasteiger partial charge in [0.15, 0.2) is 34.1 Å². The third kappa shape index (κ3) is 8.47. The highest BCUT2D eigenvalue weighted by Crippen LogP contribution is 2.48. The summed E-state index contributed by atoms with van der Waals surface area (Å²) < 4.78 is 4.00. The van der Waals surface area contributed by atoms with E-state index in [9.17, 15) is 36.8 Å². The maximum atomic E-state index is 10.7. The molecule has 0 saturated carbocycles. The van der Waals surface area contributed by atoms with Gasteiger partial charge >= 0.3 is 0 Å². The summed E-state index contributed by atoms with van der Waals surface area (Å²) >= 11 is 0. The van der Waals surface area contributed by atoms with Gasteiger partial charge < -0.3 is 9.13 Å². The third-order valence-electron chi connectivity index (χ3n) is 15.3. The quantitative estimate of drug-likeness (QED) is 0.140. The highest BCUT2D eigenvalue weighted by Gasteiger charge is 2.26. The van der Waals surface area contributed by atoms with Crippen LogP contribution in [0, 0.1) is 119 Å². The first-order chi connectivity index (χ1) is 43.0. The lowest BCUT2D eigenvalue weighted by atomic mass is 9.93. The van der Waals surface area contributed by atoms with Gasteiger partial charge in [-0.3, -0.25) is 4.98 Å². The lowest BCUT2D eigenvalue weighted by Gasteiger charge is -2.19. The standard InChI is InChI=1S/C72H26N16/c1-80-51-24-48(36-77)69(49(25-51)37-78)43-8-13-64-54(27-43)55-29-45(71-50(38-79)26-52(81-2)31-62(71)85-6)10-14-65(55)87(64)63-12-7-40(32-73)20-53(63)58-39-86-18-17-68(58)88-66-15-9-44(70-47(35-76)19-41(33-74)21-59(70)82-3)28-56(66)57-30-46(11-16-67(57)88)72-60(83-4)22-42(34-75)23-61(72)84-5/h7-31,39H. The van der Waals surface area contributed by atoms with Crippen LogP contribution >= 0.6 is 0 Å². The average Bonchev–Trinajstić information content (AvgIpc) is 2.09. The predicted molar refractivity (Wildman–Crippen MR) is 331 cm³/mol. The Morgan fingerprint density at radius 3 is 1.12 bits per heavy atom. The molecule has 9 aromatic carbocycles. The topological polar surface area (TPSA) is 215 Å². The van der Waals surface area contributed by atoms with Crippen molar-refractivity contribution >= 4 is 77.7 Å². The molecule has 0 aliphatic rings. The fraction of sp³-hybridized carbons (Fsp3) is 0. The lowest BCUT2D eigenvalue weighted by Crippen LogP contribution is -2.02. The van der Waals surface area contributed by atoms with E-state index in [1.807, 2.05) is 81.9 Å². The molecule has 88 heavy (non-hydrogen) atoms. The van der Waals surface area contributed by atoms with Crippen molar-refractivity contribution in [3.63, 3.8) is 0 Å². The van der Waals surface area contributed by atoms with Crippen molar-refractivity contribution in [2.24, 2.45) is 0 Å². The van der Waals surface area contributed by atoms with Crippen LogP contribution in [0.4, 0.5) is 34.1 Å². The first-order valence-corrected chi connectivity index (χ1v) is 26.1. The van der Waals surface area contributed by atoms with Crippen molar-refractivity contribution in [1.82, 2.24) is 14.1 Å². The van der Waals surface area contributed by atoms with E-state index in [0.29, 0.717) is 116 Å². The molecule has 12 rings (SSSR count). The Kier molecular flexibility index (Phi) is 13.1. The molecule has 3 heterocycles. The van der Waals surface area contributed by atoms with Crippen molar-refractivity contribution in [3.05, 3.63) is 265 Å². The Hall–Kier alpha value is -14.9. The first-order valence-electron chi connectivity index (χ1n) is 26.1. The molecule has 3 aromatic heterocycles. The zero-order valence-electron chi connectivity index (χ0n) is 45.2. The van der Waals surface area contributed by atoms with E-state index in [2.05, 4.69) is 64.4 Å². The Morgan fingerprint density at radius 1 is 0.318 bits per heavy atom. The van der Waals surface area contributed by atoms with Crippen LogP contribution in [0.2, 0.25) is 0 Å². The molecule has 0 radical (unpaired) electrons. The van der Waals surface area contributed by atoms with Crippen LogP contribution in [-0.2, 0) is 0 Å². The number of nitrogens with zero attached hydrogens (tertiary/aromatic N) is 16. The Labute approximate surface area is 501 Å². The monoisotopic (exact) mass is 1110 g/mol. The molecule has 0 atom stereocenters. The number of hydrogen-bond donors (Lipinski definition) is 0. The van der Waals surface area contributed by atoms with Gasteiger partial charge in [-0.1, -0.05) is 30.3 Å². The van der Waals surface area contributed by atoms with Crippen molar-refractivity contribution in [2.45, 2.75) is 0 Å². The number of aromatic nitrogens is 3. The fourth-order valence-electron chi connectivity index (χ4n) is 11.6. The Morgan fingerprint density at radius 2 is 0.693 bits per heavy atom. The van der Waals surface area contributed by atoms with Crippen molar-refractivity contribution < 1.29 is 0 Å². The van der Waals surface area contributed by atoms with Gasteiger partial charge in [-0.25, -0.2) is 29.1 Å². The van der Waals surface area contributed by atoms with E-state index in [0.717, 1.165) is 0 Å². The van der Waals surface area contributed by atoms with Gasteiger partial charge in [0.2, 0.25) is 0 Å². The predicted octanol–water partition coefficient (Wildman–Crippen LogP) is 18.0. The summed E-state index contributed by atoms with van der Waals surface area (Å²) in [6, 6.07) is 55.5. The summed E-state index contributed by atoms with van der Waals surface area (Å²) in [6.07, 6.45) is 3.31. The maximum Gasteiger partial charge on any atom is 0.197 e. The van der Waals surface area contributed by atoms with E-state index in [-0.39, 0.29) is 67.5 Å². The number of nitriles is 7. The van der Waals surface area contributed by atoms with Gasteiger partial charge in [0.1, 0.15) is 0 Å². The molecule has 12 aromatic rings. The zero-order chi connectivity index (χ0) is 61.5. The molecule has 0 bridgehead atoms. The fourth-order valence-corrected chi connectivity index (χ4v) is 11.6. The van der Waals surface area contributed by atoms with Gasteiger partial charge in [0.05, 0.1) is 138 Å². The van der Waals surface area contributed by atoms with E-state index < -0.39 is 0 Å². The van der Waals surface area contributed by atoms with E-state index in [1.54, 1.807) is 48.8 Å². The van der Waals surface area contributed by atoms with Crippen LogP contribution < -0.4 is 0 Å². The van der Waals surface area contributed by atoms with Crippen LogP contribution in [0.25, 0.3) is 140 Å².